The van der Waals surface area contributed by atoms with E-state index in [4.69, 9.17) is 9.05 Å². The van der Waals surface area contributed by atoms with Crippen LogP contribution in [0.5, 0.6) is 0 Å². The second-order valence-corrected chi connectivity index (χ2v) is 6.16. The van der Waals surface area contributed by atoms with E-state index in [1.165, 1.54) is 0 Å². The lowest BCUT2D eigenvalue weighted by Gasteiger charge is -1.95. The Kier molecular flexibility index (Phi) is 3.96. The maximum Gasteiger partial charge on any atom is 0.167 e. The van der Waals surface area contributed by atoms with E-state index in [-0.39, 0.29) is 0 Å². The van der Waals surface area contributed by atoms with E-state index in [9.17, 15) is 4.21 Å². The summed E-state index contributed by atoms with van der Waals surface area (Å²) in [5, 5.41) is 7.81. The topological polar surface area (TPSA) is 69.1 Å². The molecule has 0 aliphatic carbocycles. The first-order valence-corrected chi connectivity index (χ1v) is 7.98. The van der Waals surface area contributed by atoms with Crippen molar-refractivity contribution in [2.45, 2.75) is 18.4 Å². The third-order valence-electron chi connectivity index (χ3n) is 2.91. The van der Waals surface area contributed by atoms with Gasteiger partial charge in [0.2, 0.25) is 0 Å². The maximum atomic E-state index is 12.1. The first kappa shape index (κ1) is 13.8. The second kappa shape index (κ2) is 6.05. The lowest BCUT2D eigenvalue weighted by molar-refractivity contribution is 0.392. The number of hydrogen-bond donors (Lipinski definition) is 0. The molecular formula is C15H14N2O3S. The molecule has 21 heavy (non-hydrogen) atoms. The number of nitrogens with zero attached hydrogens (tertiary/aromatic N) is 2. The highest BCUT2D eigenvalue weighted by Crippen LogP contribution is 2.20. The van der Waals surface area contributed by atoms with Crippen LogP contribution in [0.25, 0.3) is 11.3 Å². The van der Waals surface area contributed by atoms with Crippen molar-refractivity contribution in [3.8, 4) is 11.3 Å². The van der Waals surface area contributed by atoms with Gasteiger partial charge in [-0.05, 0) is 6.92 Å². The summed E-state index contributed by atoms with van der Waals surface area (Å²) >= 11 is 0. The number of rotatable bonds is 5. The number of benzene rings is 1. The van der Waals surface area contributed by atoms with E-state index in [2.05, 4.69) is 10.3 Å². The average Bonchev–Trinajstić information content (AvgIpc) is 3.09. The van der Waals surface area contributed by atoms with Crippen LogP contribution in [0.1, 0.15) is 17.1 Å². The van der Waals surface area contributed by atoms with Crippen molar-refractivity contribution < 1.29 is 13.3 Å². The zero-order valence-corrected chi connectivity index (χ0v) is 12.3. The zero-order chi connectivity index (χ0) is 14.7. The van der Waals surface area contributed by atoms with Crippen molar-refractivity contribution in [3.63, 3.8) is 0 Å². The Morgan fingerprint density at radius 1 is 1.00 bits per heavy atom. The molecule has 0 N–H and O–H groups in total. The van der Waals surface area contributed by atoms with Gasteiger partial charge >= 0.3 is 0 Å². The predicted octanol–water partition coefficient (Wildman–Crippen LogP) is 3.09. The molecule has 2 heterocycles. The van der Waals surface area contributed by atoms with Crippen molar-refractivity contribution in [1.29, 1.82) is 0 Å². The number of hydrogen-bond acceptors (Lipinski definition) is 5. The number of aromatic nitrogens is 2. The van der Waals surface area contributed by atoms with Crippen molar-refractivity contribution in [3.05, 3.63) is 59.6 Å². The summed E-state index contributed by atoms with van der Waals surface area (Å²) in [6.45, 7) is 1.81. The largest absolute Gasteiger partial charge is 0.361 e. The van der Waals surface area contributed by atoms with Gasteiger partial charge in [0.15, 0.2) is 5.76 Å². The van der Waals surface area contributed by atoms with Crippen LogP contribution in [0.3, 0.4) is 0 Å². The van der Waals surface area contributed by atoms with E-state index in [1.807, 2.05) is 43.3 Å². The highest BCUT2D eigenvalue weighted by Gasteiger charge is 2.11. The first-order valence-electron chi connectivity index (χ1n) is 6.49. The fourth-order valence-electron chi connectivity index (χ4n) is 1.99. The monoisotopic (exact) mass is 302 g/mol. The van der Waals surface area contributed by atoms with E-state index in [0.717, 1.165) is 11.3 Å². The molecule has 0 bridgehead atoms. The molecule has 2 aromatic heterocycles. The highest BCUT2D eigenvalue weighted by atomic mass is 32.2. The standard InChI is InChI=1S/C15H14N2O3S/c1-11-7-13(16-19-11)9-21(18)10-14-8-15(20-17-14)12-5-3-2-4-6-12/h2-8H,9-10H2,1H3/t21-/m1/s1. The van der Waals surface area contributed by atoms with Crippen LogP contribution in [-0.4, -0.2) is 14.5 Å². The van der Waals surface area contributed by atoms with Crippen LogP contribution in [0, 0.1) is 6.92 Å². The van der Waals surface area contributed by atoms with Crippen LogP contribution in [0.4, 0.5) is 0 Å². The second-order valence-electron chi connectivity index (χ2n) is 4.71. The summed E-state index contributed by atoms with van der Waals surface area (Å²) in [4.78, 5) is 0. The average molecular weight is 302 g/mol. The van der Waals surface area contributed by atoms with Gasteiger partial charge in [0.1, 0.15) is 5.76 Å². The van der Waals surface area contributed by atoms with Crippen molar-refractivity contribution in [2.24, 2.45) is 0 Å². The molecule has 1 atom stereocenters. The predicted molar refractivity (Wildman–Crippen MR) is 78.7 cm³/mol. The fraction of sp³-hybridized carbons (Fsp3) is 0.200. The molecule has 5 nitrogen and oxygen atoms in total. The summed E-state index contributed by atoms with van der Waals surface area (Å²) < 4.78 is 22.3. The van der Waals surface area contributed by atoms with Crippen LogP contribution in [0.15, 0.2) is 51.5 Å². The van der Waals surface area contributed by atoms with Crippen LogP contribution >= 0.6 is 0 Å². The molecule has 0 aliphatic rings. The van der Waals surface area contributed by atoms with Gasteiger partial charge in [-0.25, -0.2) is 0 Å². The van der Waals surface area contributed by atoms with Gasteiger partial charge in [0, 0.05) is 28.5 Å². The van der Waals surface area contributed by atoms with Crippen molar-refractivity contribution >= 4 is 10.8 Å². The Morgan fingerprint density at radius 2 is 1.67 bits per heavy atom. The minimum absolute atomic E-state index is 0.336. The molecule has 0 aliphatic heterocycles. The third-order valence-corrected chi connectivity index (χ3v) is 4.15. The quantitative estimate of drug-likeness (QED) is 0.724. The molecule has 0 unspecified atom stereocenters. The lowest BCUT2D eigenvalue weighted by Crippen LogP contribution is -1.99. The molecule has 3 aromatic rings. The molecule has 1 aromatic carbocycles. The lowest BCUT2D eigenvalue weighted by atomic mass is 10.2. The smallest absolute Gasteiger partial charge is 0.167 e. The van der Waals surface area contributed by atoms with Gasteiger partial charge in [-0.1, -0.05) is 40.6 Å². The summed E-state index contributed by atoms with van der Waals surface area (Å²) in [6, 6.07) is 13.3. The molecule has 0 saturated heterocycles. The Labute approximate surface area is 124 Å². The Balaban J connectivity index is 1.66. The summed E-state index contributed by atoms with van der Waals surface area (Å²) in [6.07, 6.45) is 0. The Morgan fingerprint density at radius 3 is 2.33 bits per heavy atom. The summed E-state index contributed by atoms with van der Waals surface area (Å²) in [5.41, 5.74) is 2.32. The molecule has 0 saturated carbocycles. The van der Waals surface area contributed by atoms with E-state index >= 15 is 0 Å². The van der Waals surface area contributed by atoms with Gasteiger partial charge < -0.3 is 9.05 Å². The third kappa shape index (κ3) is 3.46. The number of aryl methyl sites for hydroxylation is 1. The first-order chi connectivity index (χ1) is 10.2. The molecule has 0 spiro atoms. The van der Waals surface area contributed by atoms with Crippen LogP contribution < -0.4 is 0 Å². The van der Waals surface area contributed by atoms with Crippen LogP contribution in [-0.2, 0) is 22.3 Å². The molecule has 0 fully saturated rings. The van der Waals surface area contributed by atoms with Crippen molar-refractivity contribution in [1.82, 2.24) is 10.3 Å². The molecule has 0 radical (unpaired) electrons. The van der Waals surface area contributed by atoms with Crippen LogP contribution in [0.2, 0.25) is 0 Å². The van der Waals surface area contributed by atoms with Gasteiger partial charge in [0.25, 0.3) is 0 Å². The minimum Gasteiger partial charge on any atom is -0.361 e. The van der Waals surface area contributed by atoms with E-state index < -0.39 is 10.8 Å². The SMILES string of the molecule is Cc1cc(C[S@@](=O)Cc2cc(-c3ccccc3)on2)no1. The van der Waals surface area contributed by atoms with Gasteiger partial charge in [-0.15, -0.1) is 0 Å². The zero-order valence-electron chi connectivity index (χ0n) is 11.5. The highest BCUT2D eigenvalue weighted by molar-refractivity contribution is 7.83. The van der Waals surface area contributed by atoms with Gasteiger partial charge in [-0.2, -0.15) is 0 Å². The van der Waals surface area contributed by atoms with Gasteiger partial charge in [0.05, 0.1) is 22.9 Å². The van der Waals surface area contributed by atoms with E-state index in [0.29, 0.717) is 28.7 Å². The van der Waals surface area contributed by atoms with Crippen molar-refractivity contribution in [2.75, 3.05) is 0 Å². The summed E-state index contributed by atoms with van der Waals surface area (Å²) in [5.74, 6) is 2.09. The molecule has 6 heteroatoms. The van der Waals surface area contributed by atoms with Gasteiger partial charge in [-0.3, -0.25) is 4.21 Å². The fourth-order valence-corrected chi connectivity index (χ4v) is 3.02. The molecular weight excluding hydrogens is 288 g/mol. The van der Waals surface area contributed by atoms with E-state index in [1.54, 1.807) is 6.07 Å². The Bertz CT molecular complexity index is 749. The maximum absolute atomic E-state index is 12.1. The molecule has 108 valence electrons. The minimum atomic E-state index is -1.10. The summed E-state index contributed by atoms with van der Waals surface area (Å²) in [7, 11) is -1.10. The molecule has 0 amide bonds. The normalized spacial score (nSPS) is 12.4. The molecule has 3 rings (SSSR count). The Hall–Kier alpha value is -2.21.